The molecule has 8 rings (SSSR count). The van der Waals surface area contributed by atoms with E-state index in [-0.39, 0.29) is 83.1 Å². The van der Waals surface area contributed by atoms with Crippen molar-refractivity contribution in [1.29, 1.82) is 0 Å². The number of hydrogen-bond donors (Lipinski definition) is 0. The third kappa shape index (κ3) is 8.26. The van der Waals surface area contributed by atoms with Crippen molar-refractivity contribution in [3.8, 4) is 0 Å². The van der Waals surface area contributed by atoms with Crippen LogP contribution in [0.15, 0.2) is 0 Å². The summed E-state index contributed by atoms with van der Waals surface area (Å²) >= 11 is 0. The minimum atomic E-state index is -1.30. The first-order valence-corrected chi connectivity index (χ1v) is 21.8. The van der Waals surface area contributed by atoms with Crippen LogP contribution in [0.4, 0.5) is 19.2 Å². The van der Waals surface area contributed by atoms with Gasteiger partial charge in [0.05, 0.1) is 89.7 Å². The van der Waals surface area contributed by atoms with Crippen molar-refractivity contribution in [2.75, 3.05) is 72.3 Å². The molecular formula is C41H60N8O14. The van der Waals surface area contributed by atoms with Gasteiger partial charge in [-0.1, -0.05) is 0 Å². The lowest BCUT2D eigenvalue weighted by Gasteiger charge is -2.32. The molecule has 348 valence electrons. The van der Waals surface area contributed by atoms with Crippen molar-refractivity contribution in [2.24, 2.45) is 0 Å². The van der Waals surface area contributed by atoms with Crippen LogP contribution < -0.4 is 0 Å². The molecule has 0 saturated carbocycles. The van der Waals surface area contributed by atoms with Gasteiger partial charge in [-0.2, -0.15) is 0 Å². The van der Waals surface area contributed by atoms with Crippen LogP contribution in [0.25, 0.3) is 0 Å². The van der Waals surface area contributed by atoms with Crippen LogP contribution in [0.1, 0.15) is 75.2 Å². The number of imide groups is 4. The Balaban J connectivity index is 1.02. The highest BCUT2D eigenvalue weighted by atomic mass is 16.6. The first-order chi connectivity index (χ1) is 29.5. The number of carbonyl (C=O) groups excluding carboxylic acids is 8. The van der Waals surface area contributed by atoms with Gasteiger partial charge in [0.2, 0.25) is 0 Å². The molecular weight excluding hydrogens is 828 g/mol. The van der Waals surface area contributed by atoms with Crippen molar-refractivity contribution in [3.63, 3.8) is 0 Å². The number of rotatable bonds is 21. The van der Waals surface area contributed by atoms with Crippen LogP contribution in [-0.4, -0.2) is 224 Å². The zero-order valence-electron chi connectivity index (χ0n) is 37.5. The molecule has 0 spiro atoms. The standard InChI is InChI=1S/C41H60N8O14/c1-23(63-29(49-33(53)41(8,9)47(37(49)57)17-27-22-61-27)11-13-43-31(51)39(4,5)45(35(43)55)15-25-20-59-25)18-62-28(48-32(52)40(6,7)46(36(48)56)16-26-21-60-26)10-12-42-30(50)38(2,3)44(34(42)54)14-24-19-58-24/h23-29H,10-22H2,1-9H3. The second-order valence-electron chi connectivity index (χ2n) is 19.7. The average Bonchev–Trinajstić information content (AvgIpc) is 4.02. The Morgan fingerprint density at radius 2 is 0.794 bits per heavy atom. The Bertz CT molecular complexity index is 1940. The summed E-state index contributed by atoms with van der Waals surface area (Å²) < 4.78 is 34.3. The monoisotopic (exact) mass is 888 g/mol. The van der Waals surface area contributed by atoms with E-state index >= 15 is 0 Å². The van der Waals surface area contributed by atoms with Gasteiger partial charge in [0, 0.05) is 25.9 Å². The third-order valence-electron chi connectivity index (χ3n) is 13.4. The van der Waals surface area contributed by atoms with Gasteiger partial charge >= 0.3 is 24.1 Å². The zero-order valence-corrected chi connectivity index (χ0v) is 37.5. The lowest BCUT2D eigenvalue weighted by atomic mass is 10.0. The summed E-state index contributed by atoms with van der Waals surface area (Å²) in [6, 6.07) is -2.33. The summed E-state index contributed by atoms with van der Waals surface area (Å²) in [6.45, 7) is 16.7. The molecule has 8 aliphatic heterocycles. The first-order valence-electron chi connectivity index (χ1n) is 21.8. The molecule has 0 aromatic carbocycles. The van der Waals surface area contributed by atoms with Crippen LogP contribution in [0, 0.1) is 0 Å². The van der Waals surface area contributed by atoms with Crippen molar-refractivity contribution < 1.29 is 66.8 Å². The van der Waals surface area contributed by atoms with Gasteiger partial charge in [-0.15, -0.1) is 0 Å². The van der Waals surface area contributed by atoms with E-state index in [1.54, 1.807) is 62.3 Å². The predicted molar refractivity (Wildman–Crippen MR) is 214 cm³/mol. The highest BCUT2D eigenvalue weighted by Gasteiger charge is 2.59. The minimum absolute atomic E-state index is 0.147. The fourth-order valence-electron chi connectivity index (χ4n) is 8.78. The predicted octanol–water partition coefficient (Wildman–Crippen LogP) is 0.607. The summed E-state index contributed by atoms with van der Waals surface area (Å²) in [7, 11) is 0. The number of urea groups is 4. The second kappa shape index (κ2) is 15.9. The highest BCUT2D eigenvalue weighted by Crippen LogP contribution is 2.37. The van der Waals surface area contributed by atoms with E-state index in [2.05, 4.69) is 0 Å². The summed E-state index contributed by atoms with van der Waals surface area (Å²) in [5.74, 6) is -2.02. The molecule has 7 unspecified atom stereocenters. The van der Waals surface area contributed by atoms with Gasteiger partial charge in [0.25, 0.3) is 23.6 Å². The molecule has 22 heteroatoms. The molecule has 7 atom stereocenters. The lowest BCUT2D eigenvalue weighted by Crippen LogP contribution is -2.49. The Morgan fingerprint density at radius 3 is 1.14 bits per heavy atom. The fourth-order valence-corrected chi connectivity index (χ4v) is 8.78. The number of epoxide rings is 4. The highest BCUT2D eigenvalue weighted by molar-refractivity contribution is 6.09. The van der Waals surface area contributed by atoms with E-state index in [0.29, 0.717) is 26.4 Å². The molecule has 0 bridgehead atoms. The quantitative estimate of drug-likeness (QED) is 0.114. The Labute approximate surface area is 365 Å². The number of hydrogen-bond acceptors (Lipinski definition) is 14. The molecule has 0 radical (unpaired) electrons. The van der Waals surface area contributed by atoms with E-state index in [4.69, 9.17) is 28.4 Å². The smallest absolute Gasteiger partial charge is 0.329 e. The maximum absolute atomic E-state index is 14.1. The molecule has 63 heavy (non-hydrogen) atoms. The van der Waals surface area contributed by atoms with Crippen molar-refractivity contribution in [3.05, 3.63) is 0 Å². The first kappa shape index (κ1) is 45.1. The SMILES string of the molecule is CC(COC(CCN1C(=O)N(CC2CO2)C(C)(C)C1=O)N1C(=O)N(CC2CO2)C(C)(C)C1=O)OC(CCN1C(=O)N(CC2CO2)C(C)(C)C1=O)N1C(=O)N(CC2CO2)C(C)(C)C1=O. The molecule has 0 N–H and O–H groups in total. The maximum atomic E-state index is 14.1. The van der Waals surface area contributed by atoms with E-state index < -0.39 is 88.5 Å². The molecule has 0 aromatic rings. The van der Waals surface area contributed by atoms with E-state index in [0.717, 1.165) is 19.6 Å². The fraction of sp³-hybridized carbons (Fsp3) is 0.805. The van der Waals surface area contributed by atoms with Crippen LogP contribution >= 0.6 is 0 Å². The van der Waals surface area contributed by atoms with Crippen LogP contribution in [-0.2, 0) is 47.6 Å². The van der Waals surface area contributed by atoms with Crippen molar-refractivity contribution in [1.82, 2.24) is 39.2 Å². The van der Waals surface area contributed by atoms with Gasteiger partial charge in [0.1, 0.15) is 34.6 Å². The van der Waals surface area contributed by atoms with Gasteiger partial charge in [-0.3, -0.25) is 29.0 Å². The summed E-state index contributed by atoms with van der Waals surface area (Å²) in [6.07, 6.45) is -4.62. The van der Waals surface area contributed by atoms with E-state index in [1.165, 1.54) is 19.6 Å². The van der Waals surface area contributed by atoms with E-state index in [9.17, 15) is 38.4 Å². The van der Waals surface area contributed by atoms with Gasteiger partial charge in [0.15, 0.2) is 0 Å². The van der Waals surface area contributed by atoms with Crippen LogP contribution in [0.2, 0.25) is 0 Å². The second-order valence-corrected chi connectivity index (χ2v) is 19.7. The van der Waals surface area contributed by atoms with Crippen LogP contribution in [0.3, 0.4) is 0 Å². The van der Waals surface area contributed by atoms with Crippen molar-refractivity contribution >= 4 is 47.8 Å². The Kier molecular flexibility index (Phi) is 11.4. The molecule has 8 heterocycles. The van der Waals surface area contributed by atoms with E-state index in [1.807, 2.05) is 0 Å². The molecule has 8 saturated heterocycles. The number of carbonyl (C=O) groups is 8. The number of amides is 12. The maximum Gasteiger partial charge on any atom is 0.329 e. The molecule has 22 nitrogen and oxygen atoms in total. The Hall–Kier alpha value is -4.48. The summed E-state index contributed by atoms with van der Waals surface area (Å²) in [5, 5.41) is 0. The largest absolute Gasteiger partial charge is 0.371 e. The molecule has 8 aliphatic rings. The third-order valence-corrected chi connectivity index (χ3v) is 13.4. The number of ether oxygens (including phenoxy) is 6. The minimum Gasteiger partial charge on any atom is -0.371 e. The topological polar surface area (TPSA) is 231 Å². The molecule has 8 fully saturated rings. The van der Waals surface area contributed by atoms with Gasteiger partial charge < -0.3 is 48.0 Å². The van der Waals surface area contributed by atoms with Gasteiger partial charge in [-0.25, -0.2) is 29.0 Å². The van der Waals surface area contributed by atoms with Crippen LogP contribution in [0.5, 0.6) is 0 Å². The summed E-state index contributed by atoms with van der Waals surface area (Å²) in [5.41, 5.74) is -4.88. The van der Waals surface area contributed by atoms with Gasteiger partial charge in [-0.05, 0) is 62.3 Å². The number of nitrogens with zero attached hydrogens (tertiary/aromatic N) is 8. The lowest BCUT2D eigenvalue weighted by molar-refractivity contribution is -0.159. The Morgan fingerprint density at radius 1 is 0.492 bits per heavy atom. The summed E-state index contributed by atoms with van der Waals surface area (Å²) in [4.78, 5) is 121. The zero-order chi connectivity index (χ0) is 45.7. The molecule has 0 aromatic heterocycles. The molecule has 12 amide bonds. The van der Waals surface area contributed by atoms with Crippen molar-refractivity contribution in [2.45, 2.75) is 140 Å². The average molecular weight is 889 g/mol. The molecule has 0 aliphatic carbocycles. The normalized spacial score (nSPS) is 30.5.